The first kappa shape index (κ1) is 17.2. The number of benzene rings is 1. The zero-order chi connectivity index (χ0) is 17.6. The molecule has 0 spiro atoms. The molecule has 1 saturated heterocycles. The van der Waals surface area contributed by atoms with E-state index in [2.05, 4.69) is 63.0 Å². The number of nitrogens with zero attached hydrogens (tertiary/aromatic N) is 1. The van der Waals surface area contributed by atoms with Crippen LogP contribution in [0.4, 0.5) is 5.69 Å². The highest BCUT2D eigenvalue weighted by Crippen LogP contribution is 2.40. The van der Waals surface area contributed by atoms with E-state index >= 15 is 0 Å². The Balaban J connectivity index is 2.11. The van der Waals surface area contributed by atoms with Crippen molar-refractivity contribution in [2.24, 2.45) is 0 Å². The van der Waals surface area contributed by atoms with Gasteiger partial charge in [0.25, 0.3) is 5.91 Å². The van der Waals surface area contributed by atoms with Crippen LogP contribution in [0.5, 0.6) is 0 Å². The Morgan fingerprint density at radius 1 is 1.33 bits per heavy atom. The topological polar surface area (TPSA) is 32.3 Å². The average Bonchev–Trinajstić information content (AvgIpc) is 2.78. The number of carbonyl (C=O) groups excluding carboxylic acids is 1. The molecule has 0 aromatic heterocycles. The minimum atomic E-state index is -0.106. The Labute approximate surface area is 153 Å². The Kier molecular flexibility index (Phi) is 4.34. The third-order valence-electron chi connectivity index (χ3n) is 4.61. The Bertz CT molecular complexity index is 806. The highest BCUT2D eigenvalue weighted by atomic mass is 32.2. The van der Waals surface area contributed by atoms with Crippen LogP contribution in [0.2, 0.25) is 0 Å². The molecule has 126 valence electrons. The van der Waals surface area contributed by atoms with Crippen LogP contribution >= 0.6 is 24.0 Å². The summed E-state index contributed by atoms with van der Waals surface area (Å²) in [6, 6.07) is 4.43. The van der Waals surface area contributed by atoms with Crippen molar-refractivity contribution in [1.82, 2.24) is 5.32 Å². The third-order valence-corrected chi connectivity index (χ3v) is 5.77. The number of carbonyl (C=O) groups is 1. The Hall–Kier alpha value is -1.59. The van der Waals surface area contributed by atoms with Gasteiger partial charge in [-0.1, -0.05) is 30.1 Å². The van der Waals surface area contributed by atoms with Crippen molar-refractivity contribution in [3.63, 3.8) is 0 Å². The summed E-state index contributed by atoms with van der Waals surface area (Å²) in [6.07, 6.45) is 4.26. The van der Waals surface area contributed by atoms with Crippen LogP contribution in [0.25, 0.3) is 11.6 Å². The molecule has 5 heteroatoms. The minimum absolute atomic E-state index is 0.00559. The van der Waals surface area contributed by atoms with E-state index in [4.69, 9.17) is 12.2 Å². The van der Waals surface area contributed by atoms with E-state index in [1.807, 2.05) is 6.08 Å². The number of thiocarbonyl (C=S) groups is 1. The molecule has 0 bridgehead atoms. The van der Waals surface area contributed by atoms with Crippen LogP contribution in [0.3, 0.4) is 0 Å². The van der Waals surface area contributed by atoms with Crippen molar-refractivity contribution < 1.29 is 4.79 Å². The summed E-state index contributed by atoms with van der Waals surface area (Å²) in [6.45, 7) is 11.9. The summed E-state index contributed by atoms with van der Waals surface area (Å²) in [4.78, 5) is 15.0. The van der Waals surface area contributed by atoms with Crippen molar-refractivity contribution in [3.8, 4) is 0 Å². The second-order valence-electron chi connectivity index (χ2n) is 6.80. The first-order valence-electron chi connectivity index (χ1n) is 8.10. The SMILES string of the molecule is CCN1c2cc(C)c(/C=C3\SC(=S)NC3=O)cc2C(C)=CC1(C)C. The fraction of sp³-hybridized carbons (Fsp3) is 0.368. The number of nitrogens with one attached hydrogen (secondary N) is 1. The number of hydrogen-bond acceptors (Lipinski definition) is 4. The second kappa shape index (κ2) is 6.05. The maximum Gasteiger partial charge on any atom is 0.263 e. The van der Waals surface area contributed by atoms with E-state index in [0.717, 1.165) is 17.7 Å². The molecule has 1 aromatic carbocycles. The van der Waals surface area contributed by atoms with Gasteiger partial charge in [0, 0.05) is 17.8 Å². The van der Waals surface area contributed by atoms with Crippen molar-refractivity contribution in [3.05, 3.63) is 39.8 Å². The molecule has 0 aliphatic carbocycles. The fourth-order valence-electron chi connectivity index (χ4n) is 3.54. The normalized spacial score (nSPS) is 21.0. The van der Waals surface area contributed by atoms with Gasteiger partial charge in [0.05, 0.1) is 10.4 Å². The molecular formula is C19H22N2OS2. The zero-order valence-electron chi connectivity index (χ0n) is 14.7. The van der Waals surface area contributed by atoms with Gasteiger partial charge in [-0.15, -0.1) is 0 Å². The van der Waals surface area contributed by atoms with Gasteiger partial charge in [0.15, 0.2) is 0 Å². The first-order valence-corrected chi connectivity index (χ1v) is 9.32. The number of anilines is 1. The van der Waals surface area contributed by atoms with Gasteiger partial charge in [0.1, 0.15) is 4.32 Å². The van der Waals surface area contributed by atoms with Crippen molar-refractivity contribution in [1.29, 1.82) is 0 Å². The van der Waals surface area contributed by atoms with Gasteiger partial charge < -0.3 is 10.2 Å². The molecule has 2 heterocycles. The van der Waals surface area contributed by atoms with Gasteiger partial charge in [0.2, 0.25) is 0 Å². The van der Waals surface area contributed by atoms with Crippen molar-refractivity contribution in [2.45, 2.75) is 40.2 Å². The highest BCUT2D eigenvalue weighted by Gasteiger charge is 2.30. The molecule has 3 nitrogen and oxygen atoms in total. The van der Waals surface area contributed by atoms with Crippen LogP contribution in [-0.4, -0.2) is 22.3 Å². The average molecular weight is 359 g/mol. The molecule has 0 saturated carbocycles. The molecule has 1 N–H and O–H groups in total. The number of aryl methyl sites for hydroxylation is 1. The van der Waals surface area contributed by atoms with Crippen LogP contribution < -0.4 is 10.2 Å². The molecule has 0 radical (unpaired) electrons. The van der Waals surface area contributed by atoms with E-state index in [0.29, 0.717) is 9.23 Å². The highest BCUT2D eigenvalue weighted by molar-refractivity contribution is 8.26. The minimum Gasteiger partial charge on any atom is -0.363 e. The van der Waals surface area contributed by atoms with Gasteiger partial charge in [-0.25, -0.2) is 0 Å². The van der Waals surface area contributed by atoms with Crippen LogP contribution in [0, 0.1) is 6.92 Å². The number of likely N-dealkylation sites (N-methyl/N-ethyl adjacent to an activating group) is 1. The van der Waals surface area contributed by atoms with Crippen molar-refractivity contribution >= 4 is 51.5 Å². The summed E-state index contributed by atoms with van der Waals surface area (Å²) < 4.78 is 0.525. The monoisotopic (exact) mass is 358 g/mol. The molecule has 24 heavy (non-hydrogen) atoms. The molecule has 1 fully saturated rings. The number of hydrogen-bond donors (Lipinski definition) is 1. The van der Waals surface area contributed by atoms with E-state index in [1.165, 1.54) is 28.6 Å². The predicted molar refractivity (Wildman–Crippen MR) is 108 cm³/mol. The molecule has 0 atom stereocenters. The van der Waals surface area contributed by atoms with Crippen LogP contribution in [0.15, 0.2) is 23.1 Å². The van der Waals surface area contributed by atoms with E-state index in [9.17, 15) is 4.79 Å². The number of amides is 1. The molecular weight excluding hydrogens is 336 g/mol. The summed E-state index contributed by atoms with van der Waals surface area (Å²) in [5.41, 5.74) is 6.02. The summed E-state index contributed by atoms with van der Waals surface area (Å²) >= 11 is 6.40. The third kappa shape index (κ3) is 2.91. The maximum absolute atomic E-state index is 11.9. The lowest BCUT2D eigenvalue weighted by Crippen LogP contribution is -2.44. The number of rotatable bonds is 2. The Morgan fingerprint density at radius 3 is 2.62 bits per heavy atom. The Morgan fingerprint density at radius 2 is 2.04 bits per heavy atom. The lowest BCUT2D eigenvalue weighted by molar-refractivity contribution is -0.115. The zero-order valence-corrected chi connectivity index (χ0v) is 16.3. The number of thioether (sulfide) groups is 1. The fourth-order valence-corrected chi connectivity index (χ4v) is 4.58. The quantitative estimate of drug-likeness (QED) is 0.623. The smallest absolute Gasteiger partial charge is 0.263 e. The molecule has 2 aliphatic heterocycles. The summed E-state index contributed by atoms with van der Waals surface area (Å²) in [5.74, 6) is -0.106. The predicted octanol–water partition coefficient (Wildman–Crippen LogP) is 4.51. The van der Waals surface area contributed by atoms with Crippen LogP contribution in [-0.2, 0) is 4.79 Å². The molecule has 3 rings (SSSR count). The largest absolute Gasteiger partial charge is 0.363 e. The van der Waals surface area contributed by atoms with E-state index < -0.39 is 0 Å². The standard InChI is InChI=1S/C19H22N2OS2/c1-6-21-15-7-11(2)13(9-16-17(22)20-18(23)24-16)8-14(15)12(3)10-19(21,4)5/h7-10H,6H2,1-5H3,(H,20,22,23)/b16-9-. The molecule has 1 amide bonds. The summed E-state index contributed by atoms with van der Waals surface area (Å²) in [7, 11) is 0. The van der Waals surface area contributed by atoms with Gasteiger partial charge in [-0.2, -0.15) is 0 Å². The molecule has 0 unspecified atom stereocenters. The van der Waals surface area contributed by atoms with Crippen molar-refractivity contribution in [2.75, 3.05) is 11.4 Å². The van der Waals surface area contributed by atoms with Gasteiger partial charge >= 0.3 is 0 Å². The lowest BCUT2D eigenvalue weighted by atomic mass is 9.87. The van der Waals surface area contributed by atoms with E-state index in [-0.39, 0.29) is 11.4 Å². The molecule has 2 aliphatic rings. The second-order valence-corrected chi connectivity index (χ2v) is 8.52. The lowest BCUT2D eigenvalue weighted by Gasteiger charge is -2.43. The summed E-state index contributed by atoms with van der Waals surface area (Å²) in [5, 5.41) is 2.67. The van der Waals surface area contributed by atoms with Gasteiger partial charge in [-0.3, -0.25) is 4.79 Å². The number of fused-ring (bicyclic) bond motifs is 1. The number of allylic oxidation sites excluding steroid dienone is 1. The molecule has 1 aromatic rings. The van der Waals surface area contributed by atoms with Crippen LogP contribution in [0.1, 0.15) is 44.4 Å². The first-order chi connectivity index (χ1) is 11.2. The van der Waals surface area contributed by atoms with Gasteiger partial charge in [-0.05, 0) is 69.5 Å². The van der Waals surface area contributed by atoms with E-state index in [1.54, 1.807) is 0 Å². The maximum atomic E-state index is 11.9.